The highest BCUT2D eigenvalue weighted by Gasteiger charge is 2.02. The maximum Gasteiger partial charge on any atom is 0.153 e. The Balaban J connectivity index is 2.81. The van der Waals surface area contributed by atoms with Crippen molar-refractivity contribution < 1.29 is 9.90 Å². The first-order valence-electron chi connectivity index (χ1n) is 3.56. The predicted octanol–water partition coefficient (Wildman–Crippen LogP) is 1.69. The van der Waals surface area contributed by atoms with Gasteiger partial charge in [-0.25, -0.2) is 0 Å². The minimum absolute atomic E-state index is 0.0251. The number of phenols is 1. The Kier molecular flexibility index (Phi) is 1.37. The van der Waals surface area contributed by atoms with Gasteiger partial charge in [0.1, 0.15) is 5.75 Å². The number of aromatic hydroxyl groups is 1. The molecule has 0 bridgehead atoms. The summed E-state index contributed by atoms with van der Waals surface area (Å²) in [5.74, 6) is 0.0251. The summed E-state index contributed by atoms with van der Waals surface area (Å²) >= 11 is 0. The number of aldehydes is 1. The predicted molar refractivity (Wildman–Crippen MR) is 45.4 cm³/mol. The van der Waals surface area contributed by atoms with Gasteiger partial charge in [0, 0.05) is 17.1 Å². The lowest BCUT2D eigenvalue weighted by Gasteiger charge is -1.96. The monoisotopic (exact) mass is 161 g/mol. The largest absolute Gasteiger partial charge is 0.507 e. The van der Waals surface area contributed by atoms with Crippen LogP contribution in [0, 0.1) is 0 Å². The Morgan fingerprint density at radius 1 is 1.42 bits per heavy atom. The number of phenolic OH excluding ortho intramolecular Hbond substituents is 1. The van der Waals surface area contributed by atoms with Crippen molar-refractivity contribution in [2.45, 2.75) is 0 Å². The molecule has 0 atom stereocenters. The average Bonchev–Trinajstić information content (AvgIpc) is 2.49. The van der Waals surface area contributed by atoms with Gasteiger partial charge in [0.15, 0.2) is 6.29 Å². The first-order chi connectivity index (χ1) is 5.81. The van der Waals surface area contributed by atoms with Crippen LogP contribution in [0.15, 0.2) is 24.4 Å². The molecule has 1 aromatic heterocycles. The van der Waals surface area contributed by atoms with Crippen LogP contribution in [0.1, 0.15) is 10.4 Å². The molecule has 2 aromatic rings. The van der Waals surface area contributed by atoms with E-state index in [0.29, 0.717) is 11.8 Å². The lowest BCUT2D eigenvalue weighted by molar-refractivity contribution is 0.112. The summed E-state index contributed by atoms with van der Waals surface area (Å²) in [6, 6.07) is 5.02. The normalized spacial score (nSPS) is 10.3. The average molecular weight is 161 g/mol. The number of carbonyl (C=O) groups excluding carboxylic acids is 1. The van der Waals surface area contributed by atoms with E-state index in [2.05, 4.69) is 4.98 Å². The molecule has 0 radical (unpaired) electrons. The van der Waals surface area contributed by atoms with Crippen molar-refractivity contribution in [1.29, 1.82) is 0 Å². The Labute approximate surface area is 68.6 Å². The van der Waals surface area contributed by atoms with E-state index < -0.39 is 0 Å². The molecule has 1 aromatic carbocycles. The van der Waals surface area contributed by atoms with Crippen molar-refractivity contribution in [1.82, 2.24) is 4.98 Å². The van der Waals surface area contributed by atoms with Crippen LogP contribution in [0.5, 0.6) is 5.75 Å². The van der Waals surface area contributed by atoms with E-state index >= 15 is 0 Å². The molecule has 2 rings (SSSR count). The molecule has 60 valence electrons. The van der Waals surface area contributed by atoms with Crippen LogP contribution in [0.3, 0.4) is 0 Å². The number of rotatable bonds is 1. The second-order valence-electron chi connectivity index (χ2n) is 2.59. The number of H-pyrrole nitrogens is 1. The lowest BCUT2D eigenvalue weighted by atomic mass is 10.1. The SMILES string of the molecule is O=Cc1cc2[nH]ccc2cc1O. The zero-order valence-corrected chi connectivity index (χ0v) is 6.24. The number of benzene rings is 1. The van der Waals surface area contributed by atoms with Gasteiger partial charge in [0.05, 0.1) is 5.56 Å². The molecule has 0 aliphatic heterocycles. The molecule has 0 saturated carbocycles. The fourth-order valence-electron chi connectivity index (χ4n) is 1.20. The summed E-state index contributed by atoms with van der Waals surface area (Å²) in [4.78, 5) is 13.4. The van der Waals surface area contributed by atoms with Gasteiger partial charge in [0.25, 0.3) is 0 Å². The van der Waals surface area contributed by atoms with E-state index in [1.807, 2.05) is 6.07 Å². The molecule has 0 aliphatic carbocycles. The summed E-state index contributed by atoms with van der Waals surface area (Å²) in [6.07, 6.45) is 2.40. The fraction of sp³-hybridized carbons (Fsp3) is 0. The van der Waals surface area contributed by atoms with Gasteiger partial charge in [0.2, 0.25) is 0 Å². The maximum absolute atomic E-state index is 10.4. The molecule has 2 N–H and O–H groups in total. The smallest absolute Gasteiger partial charge is 0.153 e. The van der Waals surface area contributed by atoms with Crippen LogP contribution in [-0.2, 0) is 0 Å². The van der Waals surface area contributed by atoms with Crippen molar-refractivity contribution in [2.75, 3.05) is 0 Å². The summed E-state index contributed by atoms with van der Waals surface area (Å²) in [5, 5.41) is 10.2. The van der Waals surface area contributed by atoms with E-state index in [0.717, 1.165) is 10.9 Å². The first-order valence-corrected chi connectivity index (χ1v) is 3.56. The van der Waals surface area contributed by atoms with Crippen molar-refractivity contribution in [3.8, 4) is 5.75 Å². The molecular formula is C9H7NO2. The molecule has 0 fully saturated rings. The van der Waals surface area contributed by atoms with Crippen LogP contribution in [0.25, 0.3) is 10.9 Å². The maximum atomic E-state index is 10.4. The van der Waals surface area contributed by atoms with Gasteiger partial charge < -0.3 is 10.1 Å². The number of aromatic amines is 1. The van der Waals surface area contributed by atoms with Crippen LogP contribution < -0.4 is 0 Å². The van der Waals surface area contributed by atoms with Crippen molar-refractivity contribution in [3.63, 3.8) is 0 Å². The molecule has 1 heterocycles. The lowest BCUT2D eigenvalue weighted by Crippen LogP contribution is -1.80. The van der Waals surface area contributed by atoms with E-state index in [-0.39, 0.29) is 5.75 Å². The zero-order chi connectivity index (χ0) is 8.55. The molecule has 0 aliphatic rings. The minimum atomic E-state index is 0.0251. The summed E-state index contributed by atoms with van der Waals surface area (Å²) in [7, 11) is 0. The third-order valence-corrected chi connectivity index (χ3v) is 1.83. The zero-order valence-electron chi connectivity index (χ0n) is 6.24. The van der Waals surface area contributed by atoms with Crippen LogP contribution in [-0.4, -0.2) is 16.4 Å². The highest BCUT2D eigenvalue weighted by molar-refractivity contribution is 5.90. The second-order valence-corrected chi connectivity index (χ2v) is 2.59. The Bertz CT molecular complexity index is 431. The number of carbonyl (C=O) groups is 1. The van der Waals surface area contributed by atoms with Gasteiger partial charge >= 0.3 is 0 Å². The molecule has 0 unspecified atom stereocenters. The van der Waals surface area contributed by atoms with Gasteiger partial charge in [-0.2, -0.15) is 0 Å². The molecule has 0 amide bonds. The van der Waals surface area contributed by atoms with E-state index in [4.69, 9.17) is 0 Å². The fourth-order valence-corrected chi connectivity index (χ4v) is 1.20. The number of fused-ring (bicyclic) bond motifs is 1. The molecular weight excluding hydrogens is 154 g/mol. The van der Waals surface area contributed by atoms with Crippen LogP contribution in [0.2, 0.25) is 0 Å². The minimum Gasteiger partial charge on any atom is -0.507 e. The van der Waals surface area contributed by atoms with Crippen molar-refractivity contribution >= 4 is 17.2 Å². The number of hydrogen-bond acceptors (Lipinski definition) is 2. The molecule has 0 saturated heterocycles. The number of nitrogens with one attached hydrogen (secondary N) is 1. The van der Waals surface area contributed by atoms with Crippen molar-refractivity contribution in [2.24, 2.45) is 0 Å². The van der Waals surface area contributed by atoms with E-state index in [9.17, 15) is 9.90 Å². The van der Waals surface area contributed by atoms with E-state index in [1.54, 1.807) is 18.3 Å². The van der Waals surface area contributed by atoms with Crippen LogP contribution in [0.4, 0.5) is 0 Å². The molecule has 0 spiro atoms. The topological polar surface area (TPSA) is 53.1 Å². The van der Waals surface area contributed by atoms with Crippen LogP contribution >= 0.6 is 0 Å². The molecule has 12 heavy (non-hydrogen) atoms. The number of aromatic nitrogens is 1. The summed E-state index contributed by atoms with van der Waals surface area (Å²) < 4.78 is 0. The summed E-state index contributed by atoms with van der Waals surface area (Å²) in [5.41, 5.74) is 1.17. The van der Waals surface area contributed by atoms with Gasteiger partial charge in [-0.05, 0) is 18.2 Å². The van der Waals surface area contributed by atoms with Crippen molar-refractivity contribution in [3.05, 3.63) is 30.0 Å². The third-order valence-electron chi connectivity index (χ3n) is 1.83. The van der Waals surface area contributed by atoms with Gasteiger partial charge in [-0.1, -0.05) is 0 Å². The summed E-state index contributed by atoms with van der Waals surface area (Å²) in [6.45, 7) is 0. The first kappa shape index (κ1) is 6.91. The third kappa shape index (κ3) is 0.871. The molecule has 3 nitrogen and oxygen atoms in total. The standard InChI is InChI=1S/C9H7NO2/c11-5-7-3-8-6(1-2-10-8)4-9(7)12/h1-5,10,12H. The highest BCUT2D eigenvalue weighted by Crippen LogP contribution is 2.22. The Hall–Kier alpha value is -1.77. The number of hydrogen-bond donors (Lipinski definition) is 2. The molecule has 3 heteroatoms. The van der Waals surface area contributed by atoms with Gasteiger partial charge in [-0.15, -0.1) is 0 Å². The van der Waals surface area contributed by atoms with E-state index in [1.165, 1.54) is 0 Å². The van der Waals surface area contributed by atoms with Gasteiger partial charge in [-0.3, -0.25) is 4.79 Å². The Morgan fingerprint density at radius 2 is 2.25 bits per heavy atom. The highest BCUT2D eigenvalue weighted by atomic mass is 16.3. The Morgan fingerprint density at radius 3 is 3.00 bits per heavy atom. The quantitative estimate of drug-likeness (QED) is 0.625. The second kappa shape index (κ2) is 2.37.